The van der Waals surface area contributed by atoms with E-state index in [1.807, 2.05) is 13.8 Å². The molecule has 2 atom stereocenters. The molecule has 5 heteroatoms. The molecule has 0 bridgehead atoms. The lowest BCUT2D eigenvalue weighted by molar-refractivity contribution is 0.145. The molecule has 20 heavy (non-hydrogen) atoms. The number of carbonyl (C=O) groups is 1. The van der Waals surface area contributed by atoms with Crippen molar-refractivity contribution in [2.45, 2.75) is 77.5 Å². The molecule has 1 saturated heterocycles. The van der Waals surface area contributed by atoms with Crippen molar-refractivity contribution in [1.29, 1.82) is 0 Å². The molecule has 0 radical (unpaired) electrons. The fraction of sp³-hybridized carbons (Fsp3) is 0.933. The Hall–Kier alpha value is -0.810. The van der Waals surface area contributed by atoms with Gasteiger partial charge in [0.25, 0.3) is 0 Å². The number of piperidine rings is 1. The summed E-state index contributed by atoms with van der Waals surface area (Å²) >= 11 is 0. The first-order valence-corrected chi connectivity index (χ1v) is 7.52. The summed E-state index contributed by atoms with van der Waals surface area (Å²) in [4.78, 5) is 12.0. The lowest BCUT2D eigenvalue weighted by Crippen LogP contribution is -2.63. The summed E-state index contributed by atoms with van der Waals surface area (Å²) in [6, 6.07) is -0.0167. The largest absolute Gasteiger partial charge is 0.396 e. The highest BCUT2D eigenvalue weighted by Crippen LogP contribution is 2.28. The van der Waals surface area contributed by atoms with Crippen molar-refractivity contribution in [1.82, 2.24) is 16.0 Å². The van der Waals surface area contributed by atoms with Gasteiger partial charge in [-0.15, -0.1) is 0 Å². The van der Waals surface area contributed by atoms with Crippen LogP contribution in [0.2, 0.25) is 0 Å². The Morgan fingerprint density at radius 2 is 1.75 bits per heavy atom. The molecular formula is C15H31N3O2. The average Bonchev–Trinajstić information content (AvgIpc) is 2.22. The predicted octanol–water partition coefficient (Wildman–Crippen LogP) is 1.61. The van der Waals surface area contributed by atoms with E-state index in [4.69, 9.17) is 5.11 Å². The zero-order chi connectivity index (χ0) is 15.6. The topological polar surface area (TPSA) is 73.4 Å². The standard InChI is InChI=1S/C15H31N3O2/c1-10(9-19)11(2)16-13(20)17-12-7-14(3,4)18-15(5,6)8-12/h10-12,18-19H,7-9H2,1-6H3,(H2,16,17,20). The van der Waals surface area contributed by atoms with Crippen molar-refractivity contribution in [2.24, 2.45) is 5.92 Å². The van der Waals surface area contributed by atoms with E-state index in [2.05, 4.69) is 43.6 Å². The van der Waals surface area contributed by atoms with Gasteiger partial charge >= 0.3 is 6.03 Å². The summed E-state index contributed by atoms with van der Waals surface area (Å²) in [5, 5.41) is 18.7. The molecule has 5 nitrogen and oxygen atoms in total. The number of urea groups is 1. The first-order valence-electron chi connectivity index (χ1n) is 7.52. The zero-order valence-corrected chi connectivity index (χ0v) is 13.7. The molecule has 0 spiro atoms. The van der Waals surface area contributed by atoms with E-state index in [1.165, 1.54) is 0 Å². The third-order valence-corrected chi connectivity index (χ3v) is 4.03. The van der Waals surface area contributed by atoms with Crippen LogP contribution in [0.15, 0.2) is 0 Å². The van der Waals surface area contributed by atoms with Crippen LogP contribution in [0, 0.1) is 5.92 Å². The Morgan fingerprint density at radius 3 is 2.20 bits per heavy atom. The van der Waals surface area contributed by atoms with Gasteiger partial charge in [0.05, 0.1) is 0 Å². The van der Waals surface area contributed by atoms with Gasteiger partial charge < -0.3 is 21.1 Å². The Balaban J connectivity index is 2.53. The van der Waals surface area contributed by atoms with Gasteiger partial charge in [-0.1, -0.05) is 6.92 Å². The normalized spacial score (nSPS) is 24.8. The average molecular weight is 285 g/mol. The third kappa shape index (κ3) is 5.29. The first-order chi connectivity index (χ1) is 9.04. The molecule has 1 fully saturated rings. The van der Waals surface area contributed by atoms with E-state index in [1.54, 1.807) is 0 Å². The van der Waals surface area contributed by atoms with Gasteiger partial charge in [-0.2, -0.15) is 0 Å². The van der Waals surface area contributed by atoms with Crippen molar-refractivity contribution in [3.8, 4) is 0 Å². The summed E-state index contributed by atoms with van der Waals surface area (Å²) in [5.74, 6) is 0.0571. The minimum Gasteiger partial charge on any atom is -0.396 e. The van der Waals surface area contributed by atoms with Crippen LogP contribution in [0.5, 0.6) is 0 Å². The SMILES string of the molecule is CC(CO)C(C)NC(=O)NC1CC(C)(C)NC(C)(C)C1. The van der Waals surface area contributed by atoms with Gasteiger partial charge in [0.1, 0.15) is 0 Å². The van der Waals surface area contributed by atoms with Crippen LogP contribution in [-0.4, -0.2) is 40.9 Å². The Labute approximate surface area is 122 Å². The fourth-order valence-electron chi connectivity index (χ4n) is 3.16. The highest BCUT2D eigenvalue weighted by molar-refractivity contribution is 5.74. The Kier molecular flexibility index (Phi) is 5.44. The van der Waals surface area contributed by atoms with Crippen molar-refractivity contribution in [3.63, 3.8) is 0 Å². The number of amides is 2. The lowest BCUT2D eigenvalue weighted by atomic mass is 9.80. The molecule has 0 aromatic rings. The first kappa shape index (κ1) is 17.2. The highest BCUT2D eigenvalue weighted by Gasteiger charge is 2.38. The summed E-state index contributed by atoms with van der Waals surface area (Å²) < 4.78 is 0. The quantitative estimate of drug-likeness (QED) is 0.634. The molecule has 0 aliphatic carbocycles. The minimum absolute atomic E-state index is 0.0176. The van der Waals surface area contributed by atoms with Gasteiger partial charge in [0.2, 0.25) is 0 Å². The molecule has 2 amide bonds. The van der Waals surface area contributed by atoms with Crippen LogP contribution in [0.3, 0.4) is 0 Å². The molecular weight excluding hydrogens is 254 g/mol. The Bertz CT molecular complexity index is 326. The number of rotatable bonds is 4. The summed E-state index contributed by atoms with van der Waals surface area (Å²) in [5.41, 5.74) is 0.0351. The number of aliphatic hydroxyl groups is 1. The van der Waals surface area contributed by atoms with E-state index in [0.717, 1.165) is 12.8 Å². The maximum atomic E-state index is 12.0. The van der Waals surface area contributed by atoms with Gasteiger partial charge in [-0.25, -0.2) is 4.79 Å². The van der Waals surface area contributed by atoms with Gasteiger partial charge in [0, 0.05) is 29.8 Å². The third-order valence-electron chi connectivity index (χ3n) is 4.03. The number of aliphatic hydroxyl groups excluding tert-OH is 1. The van der Waals surface area contributed by atoms with E-state index in [9.17, 15) is 4.79 Å². The second-order valence-electron chi connectivity index (χ2n) is 7.56. The molecule has 1 aliphatic heterocycles. The summed E-state index contributed by atoms with van der Waals surface area (Å²) in [7, 11) is 0. The number of hydrogen-bond acceptors (Lipinski definition) is 3. The highest BCUT2D eigenvalue weighted by atomic mass is 16.3. The summed E-state index contributed by atoms with van der Waals surface area (Å²) in [6.07, 6.45) is 1.82. The molecule has 0 aromatic heterocycles. The number of carbonyl (C=O) groups excluding carboxylic acids is 1. The fourth-order valence-corrected chi connectivity index (χ4v) is 3.16. The molecule has 1 rings (SSSR count). The smallest absolute Gasteiger partial charge is 0.315 e. The minimum atomic E-state index is -0.142. The van der Waals surface area contributed by atoms with E-state index < -0.39 is 0 Å². The number of nitrogens with one attached hydrogen (secondary N) is 3. The molecule has 0 saturated carbocycles. The van der Waals surface area contributed by atoms with Gasteiger partial charge in [0.15, 0.2) is 0 Å². The number of hydrogen-bond donors (Lipinski definition) is 4. The van der Waals surface area contributed by atoms with Crippen LogP contribution in [0.1, 0.15) is 54.4 Å². The maximum absolute atomic E-state index is 12.0. The van der Waals surface area contributed by atoms with Crippen molar-refractivity contribution in [2.75, 3.05) is 6.61 Å². The van der Waals surface area contributed by atoms with E-state index >= 15 is 0 Å². The summed E-state index contributed by atoms with van der Waals surface area (Å²) in [6.45, 7) is 12.6. The van der Waals surface area contributed by atoms with Gasteiger partial charge in [-0.05, 0) is 53.4 Å². The second-order valence-corrected chi connectivity index (χ2v) is 7.56. The zero-order valence-electron chi connectivity index (χ0n) is 13.7. The van der Waals surface area contributed by atoms with E-state index in [-0.39, 0.29) is 41.7 Å². The van der Waals surface area contributed by atoms with Crippen LogP contribution in [0.4, 0.5) is 4.79 Å². The molecule has 4 N–H and O–H groups in total. The van der Waals surface area contributed by atoms with Crippen LogP contribution in [-0.2, 0) is 0 Å². The van der Waals surface area contributed by atoms with Crippen LogP contribution < -0.4 is 16.0 Å². The van der Waals surface area contributed by atoms with Crippen molar-refractivity contribution in [3.05, 3.63) is 0 Å². The van der Waals surface area contributed by atoms with Crippen LogP contribution >= 0.6 is 0 Å². The molecule has 1 heterocycles. The van der Waals surface area contributed by atoms with Crippen molar-refractivity contribution < 1.29 is 9.90 Å². The molecule has 1 aliphatic rings. The monoisotopic (exact) mass is 285 g/mol. The molecule has 2 unspecified atom stereocenters. The van der Waals surface area contributed by atoms with E-state index in [0.29, 0.717) is 0 Å². The van der Waals surface area contributed by atoms with Crippen LogP contribution in [0.25, 0.3) is 0 Å². The van der Waals surface area contributed by atoms with Gasteiger partial charge in [-0.3, -0.25) is 0 Å². The maximum Gasteiger partial charge on any atom is 0.315 e. The second kappa shape index (κ2) is 6.31. The lowest BCUT2D eigenvalue weighted by Gasteiger charge is -2.46. The Morgan fingerprint density at radius 1 is 1.25 bits per heavy atom. The van der Waals surface area contributed by atoms with Crippen molar-refractivity contribution >= 4 is 6.03 Å². The molecule has 0 aromatic carbocycles. The predicted molar refractivity (Wildman–Crippen MR) is 81.7 cm³/mol. The molecule has 118 valence electrons.